The van der Waals surface area contributed by atoms with Gasteiger partial charge in [0.2, 0.25) is 53.3 Å². The third kappa shape index (κ3) is 16.3. The Bertz CT molecular complexity index is 2250. The minimum Gasteiger partial charge on any atom is -0.479 e. The summed E-state index contributed by atoms with van der Waals surface area (Å²) in [6.07, 6.45) is -9.44. The summed E-state index contributed by atoms with van der Waals surface area (Å²) in [5.41, 5.74) is 7.52. The fourth-order valence-corrected chi connectivity index (χ4v) is 6.49. The number of hydrogen-bond acceptors (Lipinski definition) is 16. The molecule has 11 atom stereocenters. The van der Waals surface area contributed by atoms with Gasteiger partial charge < -0.3 is 84.2 Å². The van der Waals surface area contributed by atoms with Crippen LogP contribution in [0.4, 0.5) is 0 Å². The van der Waals surface area contributed by atoms with E-state index in [9.17, 15) is 83.4 Å². The zero-order valence-corrected chi connectivity index (χ0v) is 38.2. The van der Waals surface area contributed by atoms with E-state index in [1.165, 1.54) is 20.8 Å². The molecule has 2 aromatic carbocycles. The lowest BCUT2D eigenvalue weighted by Crippen LogP contribution is -2.66. The molecule has 1 saturated heterocycles. The Kier molecular flexibility index (Phi) is 21.3. The van der Waals surface area contributed by atoms with Crippen LogP contribution in [0, 0.1) is 5.92 Å². The Hall–Kier alpha value is -7.59. The maximum Gasteiger partial charge on any atom is 0.336 e. The molecule has 5 unspecified atom stereocenters. The van der Waals surface area contributed by atoms with Crippen molar-refractivity contribution in [3.05, 3.63) is 60.2 Å². The van der Waals surface area contributed by atoms with Crippen molar-refractivity contribution in [3.63, 3.8) is 0 Å². The number of aliphatic carboxylic acids is 1. The molecule has 3 rings (SSSR count). The summed E-state index contributed by atoms with van der Waals surface area (Å²) in [5, 5.41) is 80.7. The van der Waals surface area contributed by atoms with Crippen molar-refractivity contribution in [1.29, 1.82) is 0 Å². The van der Waals surface area contributed by atoms with E-state index in [-0.39, 0.29) is 6.42 Å². The zero-order valence-electron chi connectivity index (χ0n) is 38.2. The average Bonchev–Trinajstić information content (AvgIpc) is 3.31. The van der Waals surface area contributed by atoms with Gasteiger partial charge >= 0.3 is 5.97 Å². The van der Waals surface area contributed by atoms with Gasteiger partial charge in [0.25, 0.3) is 11.8 Å². The van der Waals surface area contributed by atoms with Crippen LogP contribution in [-0.4, -0.2) is 182 Å². The van der Waals surface area contributed by atoms with Gasteiger partial charge in [0.1, 0.15) is 48.5 Å². The van der Waals surface area contributed by atoms with Crippen molar-refractivity contribution >= 4 is 65.0 Å². The minimum absolute atomic E-state index is 0.153. The number of nitrogens with one attached hydrogen (secondary N) is 9. The van der Waals surface area contributed by atoms with Crippen LogP contribution in [0.3, 0.4) is 0 Å². The first-order valence-corrected chi connectivity index (χ1v) is 21.5. The second-order valence-electron chi connectivity index (χ2n) is 16.4. The van der Waals surface area contributed by atoms with Gasteiger partial charge in [0.05, 0.1) is 25.7 Å². The molecule has 27 nitrogen and oxygen atoms in total. The second kappa shape index (κ2) is 26.2. The van der Waals surface area contributed by atoms with E-state index in [0.717, 1.165) is 18.1 Å². The number of benzene rings is 2. The number of β-amino-alcohol motifs (C(OH)–C–C–N with tert-alkyl or cyclic N) is 1. The van der Waals surface area contributed by atoms with Crippen LogP contribution >= 0.6 is 0 Å². The zero-order chi connectivity index (χ0) is 52.6. The molecule has 0 aromatic heterocycles. The highest BCUT2D eigenvalue weighted by molar-refractivity contribution is 6.06. The number of rotatable bonds is 14. The largest absolute Gasteiger partial charge is 0.479 e. The highest BCUT2D eigenvalue weighted by atomic mass is 16.4. The quantitative estimate of drug-likeness (QED) is 0.0782. The van der Waals surface area contributed by atoms with Gasteiger partial charge in [-0.2, -0.15) is 0 Å². The first kappa shape index (κ1) is 56.7. The smallest absolute Gasteiger partial charge is 0.336 e. The number of amides is 10. The SMILES string of the molecule is CC(NC(=O)Cc1ccc(-c2ccccc2)cc1)C(=O)NC[C@@H]1NC(=O)C(C(=O)O)NC(=O)[C@@H](O)CNC(=O)[C@H]([C@@H](C)O)NC(=O)C(C(O)C(O)C(N)=O)NC(=O)[C@H](C(C)C)NC(=O)[C@H](CO)NC1=O. The third-order valence-electron chi connectivity index (χ3n) is 10.5. The molecule has 0 aliphatic carbocycles. The summed E-state index contributed by atoms with van der Waals surface area (Å²) in [7, 11) is 0. The lowest BCUT2D eigenvalue weighted by molar-refractivity contribution is -0.148. The number of carboxylic acids is 1. The maximum atomic E-state index is 13.8. The molecule has 10 amide bonds. The number of nitrogens with two attached hydrogens (primary N) is 1. The standard InChI is InChI=1S/C43H58N10O17/c1-18(2)28-40(66)52-30(32(58)33(59)34(44)60)41(67)51-29(20(4)55)39(65)46-16-26(56)38(64)53-31(43(69)70)42(68)48-24(36(62)49-25(17-54)37(63)50-28)15-45-35(61)19(3)47-27(57)14-21-10-12-23(13-11-21)22-8-6-5-7-9-22/h5-13,18-20,24-26,28-33,54-56,58-59H,14-17H2,1-4H3,(H2,44,60)(H,45,61)(H,46,65)(H,47,57)(H,48,68)(H,49,62)(H,50,63)(H,51,67)(H,52,66)(H,53,64)(H,69,70)/t19?,20-,24+,25+,26+,28+,29+,30?,31?,32?,33?/m1/s1. The van der Waals surface area contributed by atoms with Gasteiger partial charge in [0, 0.05) is 6.54 Å². The summed E-state index contributed by atoms with van der Waals surface area (Å²) in [4.78, 5) is 144. The first-order chi connectivity index (χ1) is 32.9. The molecule has 1 heterocycles. The molecule has 1 fully saturated rings. The van der Waals surface area contributed by atoms with Crippen LogP contribution in [0.25, 0.3) is 11.1 Å². The molecular formula is C43H58N10O17. The van der Waals surface area contributed by atoms with E-state index < -0.39 is 157 Å². The lowest BCUT2D eigenvalue weighted by atomic mass is 9.99. The predicted molar refractivity (Wildman–Crippen MR) is 239 cm³/mol. The van der Waals surface area contributed by atoms with Gasteiger partial charge in [0.15, 0.2) is 6.10 Å². The number of carboxylic acid groups (broad SMARTS) is 1. The Balaban J connectivity index is 1.94. The summed E-state index contributed by atoms with van der Waals surface area (Å²) >= 11 is 0. The number of hydrogen-bond donors (Lipinski definition) is 16. The predicted octanol–water partition coefficient (Wildman–Crippen LogP) is -7.76. The molecule has 1 aliphatic heterocycles. The highest BCUT2D eigenvalue weighted by Crippen LogP contribution is 2.19. The molecule has 0 bridgehead atoms. The van der Waals surface area contributed by atoms with Crippen molar-refractivity contribution in [2.45, 2.75) is 101 Å². The van der Waals surface area contributed by atoms with Crippen molar-refractivity contribution in [2.75, 3.05) is 19.7 Å². The Labute approximate surface area is 399 Å². The second-order valence-corrected chi connectivity index (χ2v) is 16.4. The van der Waals surface area contributed by atoms with Crippen molar-refractivity contribution in [1.82, 2.24) is 47.9 Å². The van der Waals surface area contributed by atoms with E-state index in [2.05, 4.69) is 21.3 Å². The monoisotopic (exact) mass is 986 g/mol. The normalized spacial score (nSPS) is 24.1. The van der Waals surface area contributed by atoms with E-state index in [0.29, 0.717) is 5.56 Å². The van der Waals surface area contributed by atoms with Crippen molar-refractivity contribution < 1.29 is 83.4 Å². The molecule has 2 aromatic rings. The molecule has 0 radical (unpaired) electrons. The fraction of sp³-hybridized carbons (Fsp3) is 0.465. The summed E-state index contributed by atoms with van der Waals surface area (Å²) in [6.45, 7) is 1.78. The fourth-order valence-electron chi connectivity index (χ4n) is 6.49. The van der Waals surface area contributed by atoms with Crippen LogP contribution in [0.15, 0.2) is 54.6 Å². The topological polar surface area (TPSA) is 443 Å². The van der Waals surface area contributed by atoms with E-state index >= 15 is 0 Å². The maximum absolute atomic E-state index is 13.8. The summed E-state index contributed by atoms with van der Waals surface area (Å²) in [6, 6.07) is 2.36. The molecule has 1 aliphatic rings. The van der Waals surface area contributed by atoms with Crippen LogP contribution in [-0.2, 0) is 59.2 Å². The van der Waals surface area contributed by atoms with Gasteiger partial charge in [-0.05, 0) is 36.5 Å². The van der Waals surface area contributed by atoms with Gasteiger partial charge in [-0.15, -0.1) is 0 Å². The van der Waals surface area contributed by atoms with Crippen molar-refractivity contribution in [2.24, 2.45) is 11.7 Å². The average molecular weight is 987 g/mol. The minimum atomic E-state index is -2.60. The Morgan fingerprint density at radius 3 is 1.77 bits per heavy atom. The van der Waals surface area contributed by atoms with E-state index in [1.807, 2.05) is 51.6 Å². The van der Waals surface area contributed by atoms with Crippen molar-refractivity contribution in [3.8, 4) is 11.1 Å². The van der Waals surface area contributed by atoms with E-state index in [4.69, 9.17) is 5.73 Å². The number of aliphatic hydroxyl groups is 5. The molecule has 17 N–H and O–H groups in total. The Morgan fingerprint density at radius 1 is 0.671 bits per heavy atom. The molecule has 70 heavy (non-hydrogen) atoms. The molecular weight excluding hydrogens is 929 g/mol. The number of aliphatic hydroxyl groups excluding tert-OH is 5. The van der Waals surface area contributed by atoms with E-state index in [1.54, 1.807) is 29.6 Å². The van der Waals surface area contributed by atoms with Crippen LogP contribution in [0.2, 0.25) is 0 Å². The van der Waals surface area contributed by atoms with Crippen LogP contribution in [0.1, 0.15) is 33.3 Å². The molecule has 0 saturated carbocycles. The van der Waals surface area contributed by atoms with Gasteiger partial charge in [-0.3, -0.25) is 47.9 Å². The Morgan fingerprint density at radius 2 is 1.21 bits per heavy atom. The molecule has 0 spiro atoms. The first-order valence-electron chi connectivity index (χ1n) is 21.5. The van der Waals surface area contributed by atoms with Crippen LogP contribution in [0.5, 0.6) is 0 Å². The molecule has 382 valence electrons. The third-order valence-corrected chi connectivity index (χ3v) is 10.5. The summed E-state index contributed by atoms with van der Waals surface area (Å²) < 4.78 is 0. The number of primary amides is 1. The lowest BCUT2D eigenvalue weighted by Gasteiger charge is -2.31. The van der Waals surface area contributed by atoms with Gasteiger partial charge in [-0.1, -0.05) is 68.4 Å². The number of carbonyl (C=O) groups is 11. The van der Waals surface area contributed by atoms with Gasteiger partial charge in [-0.25, -0.2) is 4.79 Å². The number of carbonyl (C=O) groups excluding carboxylic acids is 10. The molecule has 27 heteroatoms. The summed E-state index contributed by atoms with van der Waals surface area (Å²) in [5.74, 6) is -16.3. The van der Waals surface area contributed by atoms with Crippen LogP contribution < -0.4 is 53.6 Å². The highest BCUT2D eigenvalue weighted by Gasteiger charge is 2.41.